The molecule has 0 amide bonds. The van der Waals surface area contributed by atoms with E-state index in [-0.39, 0.29) is 11.7 Å². The normalized spacial score (nSPS) is 20.4. The maximum absolute atomic E-state index is 12.9. The summed E-state index contributed by atoms with van der Waals surface area (Å²) in [5, 5.41) is 10.4. The van der Waals surface area contributed by atoms with Gasteiger partial charge in [-0.2, -0.15) is 0 Å². The number of benzene rings is 1. The molecule has 0 bridgehead atoms. The van der Waals surface area contributed by atoms with E-state index >= 15 is 0 Å². The minimum absolute atomic E-state index is 0.0706. The van der Waals surface area contributed by atoms with Crippen LogP contribution in [0.4, 0.5) is 4.39 Å². The van der Waals surface area contributed by atoms with Crippen molar-refractivity contribution in [3.8, 4) is 0 Å². The van der Waals surface area contributed by atoms with Crippen molar-refractivity contribution in [2.75, 3.05) is 6.54 Å². The third-order valence-corrected chi connectivity index (χ3v) is 3.85. The molecule has 1 aliphatic rings. The Kier molecular flexibility index (Phi) is 4.13. The molecule has 1 aromatic rings. The summed E-state index contributed by atoms with van der Waals surface area (Å²) in [4.78, 5) is 0. The second-order valence-corrected chi connectivity index (χ2v) is 4.93. The molecule has 94 valence electrons. The number of rotatable bonds is 4. The fourth-order valence-electron chi connectivity index (χ4n) is 2.81. The Morgan fingerprint density at radius 1 is 1.24 bits per heavy atom. The molecule has 2 rings (SSSR count). The predicted octanol–water partition coefficient (Wildman–Crippen LogP) is 2.42. The highest BCUT2D eigenvalue weighted by atomic mass is 19.1. The Labute approximate surface area is 102 Å². The van der Waals surface area contributed by atoms with Crippen molar-refractivity contribution in [1.29, 1.82) is 0 Å². The molecule has 0 aliphatic heterocycles. The van der Waals surface area contributed by atoms with E-state index < -0.39 is 6.10 Å². The second kappa shape index (κ2) is 5.61. The molecule has 0 aromatic heterocycles. The molecule has 0 spiro atoms. The van der Waals surface area contributed by atoms with Crippen molar-refractivity contribution in [3.63, 3.8) is 0 Å². The molecule has 3 heteroatoms. The van der Waals surface area contributed by atoms with Crippen molar-refractivity contribution in [1.82, 2.24) is 0 Å². The van der Waals surface area contributed by atoms with E-state index in [1.165, 1.54) is 25.0 Å². The summed E-state index contributed by atoms with van der Waals surface area (Å²) in [7, 11) is 0. The number of aliphatic hydroxyl groups excluding tert-OH is 1. The van der Waals surface area contributed by atoms with Crippen LogP contribution in [0.25, 0.3) is 0 Å². The lowest BCUT2D eigenvalue weighted by Gasteiger charge is -2.26. The molecule has 0 radical (unpaired) electrons. The van der Waals surface area contributed by atoms with E-state index in [1.807, 2.05) is 0 Å². The SMILES string of the molecule is NCC(c1ccc(F)cc1)C(O)C1CCCC1. The van der Waals surface area contributed by atoms with Gasteiger partial charge >= 0.3 is 0 Å². The van der Waals surface area contributed by atoms with Gasteiger partial charge in [-0.15, -0.1) is 0 Å². The molecule has 3 N–H and O–H groups in total. The average molecular weight is 237 g/mol. The van der Waals surface area contributed by atoms with Crippen molar-refractivity contribution in [2.24, 2.45) is 11.7 Å². The van der Waals surface area contributed by atoms with Crippen LogP contribution in [0.15, 0.2) is 24.3 Å². The van der Waals surface area contributed by atoms with Crippen LogP contribution in [0.2, 0.25) is 0 Å². The van der Waals surface area contributed by atoms with Gasteiger partial charge in [0.25, 0.3) is 0 Å². The summed E-state index contributed by atoms with van der Waals surface area (Å²) in [5.41, 5.74) is 6.70. The highest BCUT2D eigenvalue weighted by Crippen LogP contribution is 2.34. The molecule has 1 fully saturated rings. The number of nitrogens with two attached hydrogens (primary N) is 1. The lowest BCUT2D eigenvalue weighted by atomic mass is 9.85. The molecule has 2 unspecified atom stereocenters. The van der Waals surface area contributed by atoms with Crippen LogP contribution in [0.3, 0.4) is 0 Å². The molecule has 1 saturated carbocycles. The van der Waals surface area contributed by atoms with Gasteiger partial charge in [0.05, 0.1) is 6.10 Å². The first-order valence-corrected chi connectivity index (χ1v) is 6.36. The number of hydrogen-bond acceptors (Lipinski definition) is 2. The fraction of sp³-hybridized carbons (Fsp3) is 0.571. The molecular weight excluding hydrogens is 217 g/mol. The molecule has 17 heavy (non-hydrogen) atoms. The van der Waals surface area contributed by atoms with Crippen molar-refractivity contribution < 1.29 is 9.50 Å². The predicted molar refractivity (Wildman–Crippen MR) is 66.2 cm³/mol. The van der Waals surface area contributed by atoms with Gasteiger partial charge in [-0.3, -0.25) is 0 Å². The minimum atomic E-state index is -0.395. The first-order valence-electron chi connectivity index (χ1n) is 6.36. The van der Waals surface area contributed by atoms with Gasteiger partial charge in [0.2, 0.25) is 0 Å². The lowest BCUT2D eigenvalue weighted by Crippen LogP contribution is -2.31. The van der Waals surface area contributed by atoms with E-state index in [2.05, 4.69) is 0 Å². The van der Waals surface area contributed by atoms with Gasteiger partial charge in [0.15, 0.2) is 0 Å². The van der Waals surface area contributed by atoms with Gasteiger partial charge in [0.1, 0.15) is 5.82 Å². The van der Waals surface area contributed by atoms with Gasteiger partial charge in [-0.25, -0.2) is 4.39 Å². The molecule has 1 aromatic carbocycles. The van der Waals surface area contributed by atoms with E-state index in [1.54, 1.807) is 12.1 Å². The van der Waals surface area contributed by atoms with Crippen LogP contribution in [0, 0.1) is 11.7 Å². The second-order valence-electron chi connectivity index (χ2n) is 4.93. The van der Waals surface area contributed by atoms with Gasteiger partial charge in [0, 0.05) is 12.5 Å². The summed E-state index contributed by atoms with van der Waals surface area (Å²) in [5.74, 6) is 0.0344. The van der Waals surface area contributed by atoms with Crippen LogP contribution in [0.1, 0.15) is 37.2 Å². The van der Waals surface area contributed by atoms with Crippen LogP contribution < -0.4 is 5.73 Å². The first kappa shape index (κ1) is 12.5. The standard InChI is InChI=1S/C14H20FNO/c15-12-7-5-10(6-8-12)13(9-16)14(17)11-3-1-2-4-11/h5-8,11,13-14,17H,1-4,9,16H2. The van der Waals surface area contributed by atoms with E-state index in [9.17, 15) is 9.50 Å². The molecule has 2 atom stereocenters. The van der Waals surface area contributed by atoms with Gasteiger partial charge in [-0.1, -0.05) is 25.0 Å². The van der Waals surface area contributed by atoms with E-state index in [0.29, 0.717) is 12.5 Å². The Bertz CT molecular complexity index is 346. The van der Waals surface area contributed by atoms with Gasteiger partial charge < -0.3 is 10.8 Å². The molecule has 0 saturated heterocycles. The highest BCUT2D eigenvalue weighted by Gasteiger charge is 2.30. The monoisotopic (exact) mass is 237 g/mol. The summed E-state index contributed by atoms with van der Waals surface area (Å²) >= 11 is 0. The van der Waals surface area contributed by atoms with E-state index in [0.717, 1.165) is 18.4 Å². The smallest absolute Gasteiger partial charge is 0.123 e. The third-order valence-electron chi connectivity index (χ3n) is 3.85. The summed E-state index contributed by atoms with van der Waals surface area (Å²) in [6.07, 6.45) is 4.16. The Morgan fingerprint density at radius 2 is 1.82 bits per heavy atom. The van der Waals surface area contributed by atoms with Crippen LogP contribution in [-0.2, 0) is 0 Å². The topological polar surface area (TPSA) is 46.2 Å². The Balaban J connectivity index is 2.11. The Morgan fingerprint density at radius 3 is 2.35 bits per heavy atom. The largest absolute Gasteiger partial charge is 0.392 e. The molecular formula is C14H20FNO. The van der Waals surface area contributed by atoms with E-state index in [4.69, 9.17) is 5.73 Å². The zero-order valence-electron chi connectivity index (χ0n) is 9.98. The number of halogens is 1. The fourth-order valence-corrected chi connectivity index (χ4v) is 2.81. The van der Waals surface area contributed by atoms with Crippen molar-refractivity contribution in [2.45, 2.75) is 37.7 Å². The highest BCUT2D eigenvalue weighted by molar-refractivity contribution is 5.22. The van der Waals surface area contributed by atoms with Crippen molar-refractivity contribution in [3.05, 3.63) is 35.6 Å². The summed E-state index contributed by atoms with van der Waals surface area (Å²) in [6.45, 7) is 0.406. The average Bonchev–Trinajstić information content (AvgIpc) is 2.86. The first-order chi connectivity index (χ1) is 8.22. The van der Waals surface area contributed by atoms with Gasteiger partial charge in [-0.05, 0) is 36.5 Å². The zero-order valence-corrected chi connectivity index (χ0v) is 9.98. The lowest BCUT2D eigenvalue weighted by molar-refractivity contribution is 0.0851. The summed E-state index contributed by atoms with van der Waals surface area (Å²) in [6, 6.07) is 6.31. The van der Waals surface area contributed by atoms with Crippen molar-refractivity contribution >= 4 is 0 Å². The maximum atomic E-state index is 12.9. The quantitative estimate of drug-likeness (QED) is 0.844. The number of aliphatic hydroxyl groups is 1. The summed E-state index contributed by atoms with van der Waals surface area (Å²) < 4.78 is 12.9. The van der Waals surface area contributed by atoms with Crippen LogP contribution in [-0.4, -0.2) is 17.8 Å². The third kappa shape index (κ3) is 2.85. The Hall–Kier alpha value is -0.930. The number of hydrogen-bond donors (Lipinski definition) is 2. The maximum Gasteiger partial charge on any atom is 0.123 e. The molecule has 1 aliphatic carbocycles. The minimum Gasteiger partial charge on any atom is -0.392 e. The zero-order chi connectivity index (χ0) is 12.3. The molecule has 0 heterocycles. The van der Waals surface area contributed by atoms with Crippen LogP contribution in [0.5, 0.6) is 0 Å². The molecule has 2 nitrogen and oxygen atoms in total. The van der Waals surface area contributed by atoms with Crippen LogP contribution >= 0.6 is 0 Å².